The Labute approximate surface area is 112 Å². The SMILES string of the molecule is C[C@H](NP(C)(=O)Oc1ccccc1)C(=O)OC1CC1. The highest BCUT2D eigenvalue weighted by molar-refractivity contribution is 7.56. The largest absolute Gasteiger partial charge is 0.461 e. The third kappa shape index (κ3) is 4.69. The summed E-state index contributed by atoms with van der Waals surface area (Å²) >= 11 is 0. The molecule has 6 heteroatoms. The first-order chi connectivity index (χ1) is 8.96. The zero-order valence-corrected chi connectivity index (χ0v) is 11.9. The molecule has 1 unspecified atom stereocenters. The molecular formula is C13H18NO4P. The fourth-order valence-corrected chi connectivity index (χ4v) is 2.95. The quantitative estimate of drug-likeness (QED) is 0.642. The predicted octanol–water partition coefficient (Wildman–Crippen LogP) is 2.57. The maximum Gasteiger partial charge on any atom is 0.323 e. The van der Waals surface area contributed by atoms with E-state index >= 15 is 0 Å². The molecule has 0 aliphatic heterocycles. The summed E-state index contributed by atoms with van der Waals surface area (Å²) in [6.07, 6.45) is 1.88. The monoisotopic (exact) mass is 283 g/mol. The van der Waals surface area contributed by atoms with Gasteiger partial charge in [0, 0.05) is 6.66 Å². The van der Waals surface area contributed by atoms with Gasteiger partial charge in [0.15, 0.2) is 0 Å². The van der Waals surface area contributed by atoms with Crippen LogP contribution in [0.2, 0.25) is 0 Å². The number of ether oxygens (including phenoxy) is 1. The second-order valence-electron chi connectivity index (χ2n) is 4.74. The Morgan fingerprint density at radius 1 is 1.37 bits per heavy atom. The van der Waals surface area contributed by atoms with Crippen LogP contribution in [0.25, 0.3) is 0 Å². The molecule has 1 aromatic carbocycles. The number of hydrogen-bond acceptors (Lipinski definition) is 4. The minimum absolute atomic E-state index is 0.0445. The Balaban J connectivity index is 1.88. The summed E-state index contributed by atoms with van der Waals surface area (Å²) in [7, 11) is -3.10. The highest BCUT2D eigenvalue weighted by Crippen LogP contribution is 2.39. The van der Waals surface area contributed by atoms with E-state index in [1.165, 1.54) is 6.66 Å². The van der Waals surface area contributed by atoms with Crippen molar-refractivity contribution in [2.24, 2.45) is 0 Å². The summed E-state index contributed by atoms with van der Waals surface area (Å²) in [5, 5.41) is 2.70. The first-order valence-electron chi connectivity index (χ1n) is 6.27. The van der Waals surface area contributed by atoms with E-state index in [-0.39, 0.29) is 12.1 Å². The van der Waals surface area contributed by atoms with Crippen LogP contribution in [0.3, 0.4) is 0 Å². The molecular weight excluding hydrogens is 265 g/mol. The van der Waals surface area contributed by atoms with Gasteiger partial charge in [0.2, 0.25) is 0 Å². The van der Waals surface area contributed by atoms with Crippen LogP contribution in [0.1, 0.15) is 19.8 Å². The summed E-state index contributed by atoms with van der Waals surface area (Å²) in [5.74, 6) is 0.116. The van der Waals surface area contributed by atoms with Gasteiger partial charge in [0.05, 0.1) is 0 Å². The van der Waals surface area contributed by atoms with Crippen molar-refractivity contribution in [3.63, 3.8) is 0 Å². The van der Waals surface area contributed by atoms with E-state index in [2.05, 4.69) is 5.09 Å². The van der Waals surface area contributed by atoms with Crippen LogP contribution in [-0.2, 0) is 14.1 Å². The molecule has 0 spiro atoms. The van der Waals surface area contributed by atoms with Crippen molar-refractivity contribution in [3.05, 3.63) is 30.3 Å². The van der Waals surface area contributed by atoms with E-state index in [0.29, 0.717) is 5.75 Å². The van der Waals surface area contributed by atoms with Crippen molar-refractivity contribution in [3.8, 4) is 5.75 Å². The maximum atomic E-state index is 12.3. The molecule has 0 radical (unpaired) electrons. The Bertz CT molecular complexity index is 487. The molecule has 0 heterocycles. The number of hydrogen-bond donors (Lipinski definition) is 1. The molecule has 19 heavy (non-hydrogen) atoms. The first-order valence-corrected chi connectivity index (χ1v) is 8.34. The lowest BCUT2D eigenvalue weighted by Gasteiger charge is -2.20. The number of para-hydroxylation sites is 1. The number of nitrogens with one attached hydrogen (secondary N) is 1. The van der Waals surface area contributed by atoms with Crippen molar-refractivity contribution in [1.29, 1.82) is 0 Å². The molecule has 1 aliphatic carbocycles. The van der Waals surface area contributed by atoms with Gasteiger partial charge >= 0.3 is 13.5 Å². The highest BCUT2D eigenvalue weighted by Gasteiger charge is 2.31. The van der Waals surface area contributed by atoms with Gasteiger partial charge in [0.1, 0.15) is 17.9 Å². The Hall–Kier alpha value is -1.32. The zero-order valence-electron chi connectivity index (χ0n) is 11.0. The molecule has 1 N–H and O–H groups in total. The predicted molar refractivity (Wildman–Crippen MR) is 72.3 cm³/mol. The Kier molecular flexibility index (Phi) is 4.27. The topological polar surface area (TPSA) is 64.6 Å². The lowest BCUT2D eigenvalue weighted by molar-refractivity contribution is -0.146. The van der Waals surface area contributed by atoms with Gasteiger partial charge < -0.3 is 9.26 Å². The minimum Gasteiger partial charge on any atom is -0.461 e. The second kappa shape index (κ2) is 5.76. The fraction of sp³-hybridized carbons (Fsp3) is 0.462. The van der Waals surface area contributed by atoms with Crippen LogP contribution < -0.4 is 9.61 Å². The van der Waals surface area contributed by atoms with Gasteiger partial charge in [-0.3, -0.25) is 9.36 Å². The van der Waals surface area contributed by atoms with Crippen molar-refractivity contribution >= 4 is 13.5 Å². The van der Waals surface area contributed by atoms with E-state index in [1.807, 2.05) is 6.07 Å². The van der Waals surface area contributed by atoms with Gasteiger partial charge in [-0.25, -0.2) is 5.09 Å². The van der Waals surface area contributed by atoms with Gasteiger partial charge in [-0.2, -0.15) is 0 Å². The van der Waals surface area contributed by atoms with E-state index in [4.69, 9.17) is 9.26 Å². The van der Waals surface area contributed by atoms with Crippen molar-refractivity contribution in [2.75, 3.05) is 6.66 Å². The third-order valence-electron chi connectivity index (χ3n) is 2.61. The van der Waals surface area contributed by atoms with E-state index in [1.54, 1.807) is 31.2 Å². The number of benzene rings is 1. The second-order valence-corrected chi connectivity index (χ2v) is 6.87. The Morgan fingerprint density at radius 3 is 2.58 bits per heavy atom. The summed E-state index contributed by atoms with van der Waals surface area (Å²) in [6.45, 7) is 3.07. The average molecular weight is 283 g/mol. The molecule has 2 atom stereocenters. The molecule has 5 nitrogen and oxygen atoms in total. The fourth-order valence-electron chi connectivity index (χ4n) is 1.57. The molecule has 1 aliphatic rings. The minimum atomic E-state index is -3.10. The molecule has 1 aromatic rings. The number of esters is 1. The standard InChI is InChI=1S/C13H18NO4P/c1-10(13(15)17-11-8-9-11)14-19(2,16)18-12-6-4-3-5-7-12/h3-7,10-11H,8-9H2,1-2H3,(H,14,16)/t10-,19?/m0/s1. The van der Waals surface area contributed by atoms with Crippen molar-refractivity contribution in [2.45, 2.75) is 31.9 Å². The number of rotatable bonds is 6. The third-order valence-corrected chi connectivity index (χ3v) is 4.03. The molecule has 1 fully saturated rings. The van der Waals surface area contributed by atoms with E-state index in [0.717, 1.165) is 12.8 Å². The molecule has 0 bridgehead atoms. The average Bonchev–Trinajstić information content (AvgIpc) is 3.12. The van der Waals surface area contributed by atoms with E-state index < -0.39 is 13.6 Å². The van der Waals surface area contributed by atoms with Crippen LogP contribution in [0.4, 0.5) is 0 Å². The maximum absolute atomic E-state index is 12.3. The highest BCUT2D eigenvalue weighted by atomic mass is 31.2. The summed E-state index contributed by atoms with van der Waals surface area (Å²) in [5.41, 5.74) is 0. The van der Waals surface area contributed by atoms with Gasteiger partial charge in [-0.05, 0) is 31.9 Å². The summed E-state index contributed by atoms with van der Waals surface area (Å²) < 4.78 is 22.8. The molecule has 0 amide bonds. The van der Waals surface area contributed by atoms with Gasteiger partial charge in [-0.1, -0.05) is 18.2 Å². The molecule has 1 saturated carbocycles. The molecule has 0 saturated heterocycles. The van der Waals surface area contributed by atoms with E-state index in [9.17, 15) is 9.36 Å². The first kappa shape index (κ1) is 14.1. The van der Waals surface area contributed by atoms with Crippen LogP contribution >= 0.6 is 7.52 Å². The van der Waals surface area contributed by atoms with Crippen molar-refractivity contribution in [1.82, 2.24) is 5.09 Å². The van der Waals surface area contributed by atoms with Gasteiger partial charge in [0.25, 0.3) is 0 Å². The van der Waals surface area contributed by atoms with Crippen molar-refractivity contribution < 1.29 is 18.6 Å². The smallest absolute Gasteiger partial charge is 0.323 e. The normalized spacial score (nSPS) is 19.3. The molecule has 0 aromatic heterocycles. The molecule has 2 rings (SSSR count). The zero-order chi connectivity index (χ0) is 13.9. The van der Waals surface area contributed by atoms with Gasteiger partial charge in [-0.15, -0.1) is 0 Å². The van der Waals surface area contributed by atoms with Crippen LogP contribution in [0.5, 0.6) is 5.75 Å². The lowest BCUT2D eigenvalue weighted by Crippen LogP contribution is -2.34. The van der Waals surface area contributed by atoms with Crippen LogP contribution in [-0.4, -0.2) is 24.8 Å². The number of carbonyl (C=O) groups excluding carboxylic acids is 1. The molecule has 104 valence electrons. The number of carbonyl (C=O) groups is 1. The summed E-state index contributed by atoms with van der Waals surface area (Å²) in [6, 6.07) is 8.20. The summed E-state index contributed by atoms with van der Waals surface area (Å²) in [4.78, 5) is 11.7. The van der Waals surface area contributed by atoms with Crippen LogP contribution in [0, 0.1) is 0 Å². The lowest BCUT2D eigenvalue weighted by atomic mass is 10.3. The Morgan fingerprint density at radius 2 is 2.00 bits per heavy atom. The van der Waals surface area contributed by atoms with Crippen LogP contribution in [0.15, 0.2) is 30.3 Å².